The second kappa shape index (κ2) is 6.45. The fourth-order valence-corrected chi connectivity index (χ4v) is 2.58. The number of rotatable bonds is 5. The van der Waals surface area contributed by atoms with Crippen molar-refractivity contribution < 1.29 is 14.3 Å². The molecule has 1 heterocycles. The predicted molar refractivity (Wildman–Crippen MR) is 73.7 cm³/mol. The molecule has 0 spiro atoms. The third-order valence-corrected chi connectivity index (χ3v) is 3.71. The maximum atomic E-state index is 13.6. The van der Waals surface area contributed by atoms with Gasteiger partial charge in [-0.25, -0.2) is 4.39 Å². The summed E-state index contributed by atoms with van der Waals surface area (Å²) in [6.07, 6.45) is 0.525. The zero-order valence-corrected chi connectivity index (χ0v) is 11.0. The van der Waals surface area contributed by atoms with Crippen LogP contribution in [0.1, 0.15) is 16.1 Å². The number of halogens is 1. The van der Waals surface area contributed by atoms with Gasteiger partial charge in [0.15, 0.2) is 0 Å². The van der Waals surface area contributed by atoms with Gasteiger partial charge in [-0.1, -0.05) is 18.2 Å². The summed E-state index contributed by atoms with van der Waals surface area (Å²) >= 11 is 1.25. The summed E-state index contributed by atoms with van der Waals surface area (Å²) in [5.74, 6) is -0.488. The van der Waals surface area contributed by atoms with Crippen molar-refractivity contribution in [3.05, 3.63) is 47.1 Å². The number of thiophene rings is 1. The Morgan fingerprint density at radius 3 is 2.79 bits per heavy atom. The van der Waals surface area contributed by atoms with Crippen molar-refractivity contribution in [2.75, 3.05) is 13.2 Å². The number of carbonyl (C=O) groups excluding carboxylic acids is 1. The van der Waals surface area contributed by atoms with Crippen molar-refractivity contribution >= 4 is 17.2 Å². The molecule has 0 aliphatic heterocycles. The van der Waals surface area contributed by atoms with E-state index in [2.05, 4.69) is 5.32 Å². The van der Waals surface area contributed by atoms with E-state index in [1.165, 1.54) is 17.4 Å². The average molecular weight is 279 g/mol. The van der Waals surface area contributed by atoms with Crippen LogP contribution >= 0.6 is 11.3 Å². The van der Waals surface area contributed by atoms with Gasteiger partial charge in [0.2, 0.25) is 0 Å². The highest BCUT2D eigenvalue weighted by atomic mass is 32.1. The van der Waals surface area contributed by atoms with Crippen molar-refractivity contribution in [1.82, 2.24) is 5.32 Å². The molecule has 2 rings (SSSR count). The number of aliphatic hydroxyl groups is 1. The molecule has 0 atom stereocenters. The molecule has 0 radical (unpaired) electrons. The predicted octanol–water partition coefficient (Wildman–Crippen LogP) is 2.67. The molecule has 0 fully saturated rings. The van der Waals surface area contributed by atoms with Gasteiger partial charge in [-0.2, -0.15) is 0 Å². The van der Waals surface area contributed by atoms with E-state index in [1.54, 1.807) is 30.3 Å². The highest BCUT2D eigenvalue weighted by Gasteiger charge is 2.11. The Balaban J connectivity index is 2.11. The van der Waals surface area contributed by atoms with Gasteiger partial charge in [-0.15, -0.1) is 11.3 Å². The molecule has 1 aromatic heterocycles. The van der Waals surface area contributed by atoms with Gasteiger partial charge >= 0.3 is 0 Å². The van der Waals surface area contributed by atoms with E-state index in [-0.39, 0.29) is 18.3 Å². The zero-order chi connectivity index (χ0) is 13.7. The summed E-state index contributed by atoms with van der Waals surface area (Å²) in [4.78, 5) is 13.0. The van der Waals surface area contributed by atoms with Crippen LogP contribution in [0.4, 0.5) is 4.39 Å². The number of hydrogen-bond acceptors (Lipinski definition) is 3. The first-order valence-electron chi connectivity index (χ1n) is 5.96. The topological polar surface area (TPSA) is 49.3 Å². The van der Waals surface area contributed by atoms with Crippen molar-refractivity contribution in [2.24, 2.45) is 0 Å². The quantitative estimate of drug-likeness (QED) is 0.827. The molecule has 0 aliphatic carbocycles. The molecule has 0 unspecified atom stereocenters. The van der Waals surface area contributed by atoms with Crippen LogP contribution in [0.25, 0.3) is 10.4 Å². The highest BCUT2D eigenvalue weighted by molar-refractivity contribution is 7.17. The molecule has 0 bridgehead atoms. The first-order valence-corrected chi connectivity index (χ1v) is 6.78. The van der Waals surface area contributed by atoms with Gasteiger partial charge in [-0.05, 0) is 24.6 Å². The van der Waals surface area contributed by atoms with Crippen molar-refractivity contribution in [3.63, 3.8) is 0 Å². The molecular weight excluding hydrogens is 265 g/mol. The van der Waals surface area contributed by atoms with E-state index in [0.29, 0.717) is 23.4 Å². The van der Waals surface area contributed by atoms with Crippen LogP contribution < -0.4 is 5.32 Å². The van der Waals surface area contributed by atoms with E-state index >= 15 is 0 Å². The molecule has 2 N–H and O–H groups in total. The van der Waals surface area contributed by atoms with Crippen LogP contribution in [0, 0.1) is 5.82 Å². The third-order valence-electron chi connectivity index (χ3n) is 2.59. The molecule has 3 nitrogen and oxygen atoms in total. The van der Waals surface area contributed by atoms with Crippen molar-refractivity contribution in [3.8, 4) is 10.4 Å². The summed E-state index contributed by atoms with van der Waals surface area (Å²) in [5, 5.41) is 11.3. The molecule has 100 valence electrons. The Morgan fingerprint density at radius 2 is 2.05 bits per heavy atom. The molecular formula is C14H14FNO2S. The minimum absolute atomic E-state index is 0.0468. The molecule has 0 saturated heterocycles. The van der Waals surface area contributed by atoms with Gasteiger partial charge in [0, 0.05) is 23.6 Å². The van der Waals surface area contributed by atoms with Gasteiger partial charge < -0.3 is 10.4 Å². The lowest BCUT2D eigenvalue weighted by atomic mass is 10.2. The highest BCUT2D eigenvalue weighted by Crippen LogP contribution is 2.29. The SMILES string of the molecule is O=C(NCCCO)c1ccc(-c2ccccc2F)s1. The fourth-order valence-electron chi connectivity index (χ4n) is 1.63. The number of hydrogen-bond donors (Lipinski definition) is 2. The monoisotopic (exact) mass is 279 g/mol. The summed E-state index contributed by atoms with van der Waals surface area (Å²) in [6, 6.07) is 9.91. The first kappa shape index (κ1) is 13.7. The molecule has 19 heavy (non-hydrogen) atoms. The molecule has 1 amide bonds. The lowest BCUT2D eigenvalue weighted by Crippen LogP contribution is -2.24. The summed E-state index contributed by atoms with van der Waals surface area (Å²) in [6.45, 7) is 0.480. The van der Waals surface area contributed by atoms with Gasteiger partial charge in [0.1, 0.15) is 5.82 Å². The van der Waals surface area contributed by atoms with Crippen molar-refractivity contribution in [1.29, 1.82) is 0 Å². The number of amides is 1. The fraction of sp³-hybridized carbons (Fsp3) is 0.214. The largest absolute Gasteiger partial charge is 0.396 e. The number of benzene rings is 1. The normalized spacial score (nSPS) is 10.4. The van der Waals surface area contributed by atoms with Crippen LogP contribution in [0.5, 0.6) is 0 Å². The minimum Gasteiger partial charge on any atom is -0.396 e. The number of aliphatic hydroxyl groups excluding tert-OH is 1. The maximum absolute atomic E-state index is 13.6. The summed E-state index contributed by atoms with van der Waals surface area (Å²) in [7, 11) is 0. The first-order chi connectivity index (χ1) is 9.22. The molecule has 0 aliphatic rings. The lowest BCUT2D eigenvalue weighted by molar-refractivity contribution is 0.0955. The van der Waals surface area contributed by atoms with Crippen LogP contribution in [0.15, 0.2) is 36.4 Å². The van der Waals surface area contributed by atoms with E-state index in [1.807, 2.05) is 0 Å². The van der Waals surface area contributed by atoms with E-state index in [4.69, 9.17) is 5.11 Å². The van der Waals surface area contributed by atoms with Crippen molar-refractivity contribution in [2.45, 2.75) is 6.42 Å². The van der Waals surface area contributed by atoms with E-state index < -0.39 is 0 Å². The summed E-state index contributed by atoms with van der Waals surface area (Å²) < 4.78 is 13.6. The summed E-state index contributed by atoms with van der Waals surface area (Å²) in [5.41, 5.74) is 0.502. The second-order valence-electron chi connectivity index (χ2n) is 3.98. The van der Waals surface area contributed by atoms with Gasteiger partial charge in [0.05, 0.1) is 4.88 Å². The Morgan fingerprint density at radius 1 is 1.26 bits per heavy atom. The van der Waals surface area contributed by atoms with Gasteiger partial charge in [-0.3, -0.25) is 4.79 Å². The van der Waals surface area contributed by atoms with E-state index in [9.17, 15) is 9.18 Å². The second-order valence-corrected chi connectivity index (χ2v) is 5.06. The number of carbonyl (C=O) groups is 1. The Kier molecular flexibility index (Phi) is 4.65. The maximum Gasteiger partial charge on any atom is 0.261 e. The average Bonchev–Trinajstić information content (AvgIpc) is 2.89. The molecule has 1 aromatic carbocycles. The third kappa shape index (κ3) is 3.39. The lowest BCUT2D eigenvalue weighted by Gasteiger charge is -2.01. The van der Waals surface area contributed by atoms with Gasteiger partial charge in [0.25, 0.3) is 5.91 Å². The van der Waals surface area contributed by atoms with Crippen LogP contribution in [-0.4, -0.2) is 24.2 Å². The Labute approximate surface area is 114 Å². The standard InChI is InChI=1S/C14H14FNO2S/c15-11-5-2-1-4-10(11)12-6-7-13(19-12)14(18)16-8-3-9-17/h1-2,4-7,17H,3,8-9H2,(H,16,18). The Bertz CT molecular complexity index is 568. The van der Waals surface area contributed by atoms with Crippen LogP contribution in [0.3, 0.4) is 0 Å². The smallest absolute Gasteiger partial charge is 0.261 e. The Hall–Kier alpha value is -1.72. The minimum atomic E-state index is -0.295. The van der Waals surface area contributed by atoms with Crippen LogP contribution in [-0.2, 0) is 0 Å². The van der Waals surface area contributed by atoms with E-state index in [0.717, 1.165) is 4.88 Å². The van der Waals surface area contributed by atoms with Crippen LogP contribution in [0.2, 0.25) is 0 Å². The molecule has 5 heteroatoms. The molecule has 2 aromatic rings. The zero-order valence-electron chi connectivity index (χ0n) is 10.2. The number of nitrogens with one attached hydrogen (secondary N) is 1. The molecule has 0 saturated carbocycles.